The van der Waals surface area contributed by atoms with Gasteiger partial charge in [0.05, 0.1) is 0 Å². The summed E-state index contributed by atoms with van der Waals surface area (Å²) in [5.41, 5.74) is 0.652. The Morgan fingerprint density at radius 1 is 1.23 bits per heavy atom. The largest absolute Gasteiger partial charge is 0.301 e. The first-order valence-corrected chi connectivity index (χ1v) is 5.94. The number of likely N-dealkylation sites (tertiary alicyclic amines) is 1. The molecule has 13 heavy (non-hydrogen) atoms. The van der Waals surface area contributed by atoms with Gasteiger partial charge in [0.15, 0.2) is 0 Å². The first-order chi connectivity index (χ1) is 6.23. The summed E-state index contributed by atoms with van der Waals surface area (Å²) in [6, 6.07) is 0. The Bertz CT molecular complexity index is 155. The lowest BCUT2D eigenvalue weighted by Gasteiger charge is -2.32. The van der Waals surface area contributed by atoms with Gasteiger partial charge >= 0.3 is 0 Å². The number of hydrogen-bond donors (Lipinski definition) is 0. The molecule has 1 aliphatic heterocycles. The zero-order chi connectivity index (χ0) is 9.90. The molecule has 1 aliphatic carbocycles. The Labute approximate surface area is 83.5 Å². The van der Waals surface area contributed by atoms with E-state index in [1.165, 1.54) is 38.6 Å². The lowest BCUT2D eigenvalue weighted by atomic mass is 9.93. The molecule has 2 fully saturated rings. The Hall–Kier alpha value is -0.0400. The summed E-state index contributed by atoms with van der Waals surface area (Å²) in [5, 5.41) is 0. The number of rotatable bonds is 0. The van der Waals surface area contributed by atoms with Crippen molar-refractivity contribution in [1.29, 1.82) is 0 Å². The Morgan fingerprint density at radius 2 is 1.92 bits per heavy atom. The van der Waals surface area contributed by atoms with E-state index < -0.39 is 0 Å². The van der Waals surface area contributed by atoms with Gasteiger partial charge < -0.3 is 4.90 Å². The van der Waals surface area contributed by atoms with Crippen molar-refractivity contribution in [2.45, 2.75) is 58.4 Å². The van der Waals surface area contributed by atoms with Crippen LogP contribution >= 0.6 is 0 Å². The first kappa shape index (κ1) is 11.0. The minimum atomic E-state index is 0.652. The molecule has 2 aliphatic rings. The summed E-state index contributed by atoms with van der Waals surface area (Å²) in [6.45, 7) is 7.74. The molecule has 0 unspecified atom stereocenters. The van der Waals surface area contributed by atoms with Crippen molar-refractivity contribution >= 4 is 0 Å². The second-order valence-corrected chi connectivity index (χ2v) is 4.60. The highest BCUT2D eigenvalue weighted by Gasteiger charge is 2.43. The molecule has 1 saturated heterocycles. The van der Waals surface area contributed by atoms with Gasteiger partial charge in [-0.3, -0.25) is 0 Å². The van der Waals surface area contributed by atoms with Crippen LogP contribution in [0.25, 0.3) is 0 Å². The fourth-order valence-corrected chi connectivity index (χ4v) is 3.01. The zero-order valence-corrected chi connectivity index (χ0v) is 9.77. The lowest BCUT2D eigenvalue weighted by molar-refractivity contribution is 0.175. The van der Waals surface area contributed by atoms with Gasteiger partial charge in [-0.05, 0) is 51.6 Å². The van der Waals surface area contributed by atoms with Crippen molar-refractivity contribution in [3.63, 3.8) is 0 Å². The van der Waals surface area contributed by atoms with E-state index in [0.29, 0.717) is 5.54 Å². The van der Waals surface area contributed by atoms with Gasteiger partial charge in [0.25, 0.3) is 0 Å². The second-order valence-electron chi connectivity index (χ2n) is 4.60. The van der Waals surface area contributed by atoms with Crippen LogP contribution in [-0.4, -0.2) is 24.0 Å². The normalized spacial score (nSPS) is 39.2. The third kappa shape index (κ3) is 2.07. The fraction of sp³-hybridized carbons (Fsp3) is 1.00. The van der Waals surface area contributed by atoms with Crippen LogP contribution in [0.4, 0.5) is 0 Å². The van der Waals surface area contributed by atoms with Crippen molar-refractivity contribution in [2.75, 3.05) is 13.6 Å². The first-order valence-electron chi connectivity index (χ1n) is 5.94. The SMILES string of the molecule is CC.C[C@H]1CC[C@]2(CCCN2C)C1. The number of nitrogens with zero attached hydrogens (tertiary/aromatic N) is 1. The summed E-state index contributed by atoms with van der Waals surface area (Å²) in [5.74, 6) is 0.982. The van der Waals surface area contributed by atoms with Crippen LogP contribution < -0.4 is 0 Å². The van der Waals surface area contributed by atoms with Crippen LogP contribution in [-0.2, 0) is 0 Å². The van der Waals surface area contributed by atoms with Crippen LogP contribution in [0, 0.1) is 5.92 Å². The van der Waals surface area contributed by atoms with E-state index in [-0.39, 0.29) is 0 Å². The molecule has 1 spiro atoms. The van der Waals surface area contributed by atoms with Crippen LogP contribution in [0.1, 0.15) is 52.9 Å². The van der Waals surface area contributed by atoms with E-state index in [4.69, 9.17) is 0 Å². The van der Waals surface area contributed by atoms with E-state index in [1.54, 1.807) is 0 Å². The smallest absolute Gasteiger partial charge is 0.0209 e. The van der Waals surface area contributed by atoms with Crippen molar-refractivity contribution in [2.24, 2.45) is 5.92 Å². The molecule has 0 bridgehead atoms. The third-order valence-electron chi connectivity index (χ3n) is 3.78. The highest BCUT2D eigenvalue weighted by atomic mass is 15.2. The Morgan fingerprint density at radius 3 is 2.31 bits per heavy atom. The van der Waals surface area contributed by atoms with Crippen molar-refractivity contribution < 1.29 is 0 Å². The second kappa shape index (κ2) is 4.45. The molecule has 0 amide bonds. The summed E-state index contributed by atoms with van der Waals surface area (Å²) in [6.07, 6.45) is 7.29. The molecular weight excluding hydrogens is 158 g/mol. The van der Waals surface area contributed by atoms with E-state index in [1.807, 2.05) is 13.8 Å². The van der Waals surface area contributed by atoms with Crippen LogP contribution in [0.15, 0.2) is 0 Å². The average Bonchev–Trinajstić information content (AvgIpc) is 2.67. The Kier molecular flexibility index (Phi) is 3.78. The van der Waals surface area contributed by atoms with Crippen molar-refractivity contribution in [3.05, 3.63) is 0 Å². The Balaban J connectivity index is 0.000000396. The van der Waals surface area contributed by atoms with Gasteiger partial charge in [0, 0.05) is 5.54 Å². The molecule has 0 radical (unpaired) electrons. The maximum atomic E-state index is 2.61. The predicted molar refractivity (Wildman–Crippen MR) is 59.0 cm³/mol. The van der Waals surface area contributed by atoms with E-state index in [9.17, 15) is 0 Å². The highest BCUT2D eigenvalue weighted by Crippen LogP contribution is 2.44. The molecule has 0 N–H and O–H groups in total. The van der Waals surface area contributed by atoms with Crippen LogP contribution in [0.5, 0.6) is 0 Å². The molecular formula is C12H25N. The monoisotopic (exact) mass is 183 g/mol. The van der Waals surface area contributed by atoms with Crippen molar-refractivity contribution in [3.8, 4) is 0 Å². The van der Waals surface area contributed by atoms with E-state index in [0.717, 1.165) is 5.92 Å². The summed E-state index contributed by atoms with van der Waals surface area (Å²) < 4.78 is 0. The molecule has 1 saturated carbocycles. The van der Waals surface area contributed by atoms with Crippen LogP contribution in [0.2, 0.25) is 0 Å². The maximum Gasteiger partial charge on any atom is 0.0209 e. The minimum absolute atomic E-state index is 0.652. The molecule has 2 rings (SSSR count). The molecule has 1 heterocycles. The average molecular weight is 183 g/mol. The summed E-state index contributed by atoms with van der Waals surface area (Å²) in [4.78, 5) is 2.61. The van der Waals surface area contributed by atoms with Gasteiger partial charge in [-0.15, -0.1) is 0 Å². The van der Waals surface area contributed by atoms with E-state index in [2.05, 4.69) is 18.9 Å². The van der Waals surface area contributed by atoms with Gasteiger partial charge in [0.1, 0.15) is 0 Å². The van der Waals surface area contributed by atoms with Gasteiger partial charge in [-0.1, -0.05) is 20.8 Å². The van der Waals surface area contributed by atoms with Crippen molar-refractivity contribution in [1.82, 2.24) is 4.90 Å². The predicted octanol–water partition coefficient (Wildman–Crippen LogP) is 3.30. The molecule has 2 atom stereocenters. The van der Waals surface area contributed by atoms with Gasteiger partial charge in [0.2, 0.25) is 0 Å². The molecule has 0 aromatic heterocycles. The van der Waals surface area contributed by atoms with Gasteiger partial charge in [-0.25, -0.2) is 0 Å². The van der Waals surface area contributed by atoms with E-state index >= 15 is 0 Å². The molecule has 1 nitrogen and oxygen atoms in total. The molecule has 1 heteroatoms. The zero-order valence-electron chi connectivity index (χ0n) is 9.77. The highest BCUT2D eigenvalue weighted by molar-refractivity contribution is 4.99. The summed E-state index contributed by atoms with van der Waals surface area (Å²) in [7, 11) is 2.31. The van der Waals surface area contributed by atoms with Crippen LogP contribution in [0.3, 0.4) is 0 Å². The quantitative estimate of drug-likeness (QED) is 0.557. The van der Waals surface area contributed by atoms with Gasteiger partial charge in [-0.2, -0.15) is 0 Å². The fourth-order valence-electron chi connectivity index (χ4n) is 3.01. The lowest BCUT2D eigenvalue weighted by Crippen LogP contribution is -2.38. The maximum absolute atomic E-state index is 2.61. The summed E-state index contributed by atoms with van der Waals surface area (Å²) >= 11 is 0. The topological polar surface area (TPSA) is 3.24 Å². The molecule has 0 aromatic carbocycles. The molecule has 0 aromatic rings. The third-order valence-corrected chi connectivity index (χ3v) is 3.78. The minimum Gasteiger partial charge on any atom is -0.301 e. The molecule has 78 valence electrons. The standard InChI is InChI=1S/C10H19N.C2H6/c1-9-4-6-10(8-9)5-3-7-11(10)2;1-2/h9H,3-8H2,1-2H3;1-2H3/t9-,10+;/m0./s1. The number of hydrogen-bond acceptors (Lipinski definition) is 1.